The van der Waals surface area contributed by atoms with Crippen molar-refractivity contribution in [2.75, 3.05) is 0 Å². The van der Waals surface area contributed by atoms with Crippen LogP contribution in [-0.4, -0.2) is 28.6 Å². The van der Waals surface area contributed by atoms with E-state index in [4.69, 9.17) is 4.74 Å². The molecule has 1 N–H and O–H groups in total. The van der Waals surface area contributed by atoms with Crippen LogP contribution in [0.25, 0.3) is 0 Å². The summed E-state index contributed by atoms with van der Waals surface area (Å²) < 4.78 is 5.74. The number of carbonyl (C=O) groups is 2. The van der Waals surface area contributed by atoms with Crippen molar-refractivity contribution in [2.45, 2.75) is 70.5 Å². The van der Waals surface area contributed by atoms with Crippen LogP contribution in [0, 0.1) is 23.2 Å². The van der Waals surface area contributed by atoms with Gasteiger partial charge in [-0.2, -0.15) is 0 Å². The van der Waals surface area contributed by atoms with Gasteiger partial charge in [0.1, 0.15) is 5.60 Å². The molecule has 1 aliphatic heterocycles. The number of carbonyl (C=O) groups excluding carboxylic acids is 2. The van der Waals surface area contributed by atoms with E-state index in [1.165, 1.54) is 0 Å². The Morgan fingerprint density at radius 3 is 2.70 bits per heavy atom. The molecule has 3 fully saturated rings. The normalized spacial score (nSPS) is 49.4. The molecule has 2 saturated carbocycles. The molecule has 0 radical (unpaired) electrons. The Morgan fingerprint density at radius 2 is 1.91 bits per heavy atom. The van der Waals surface area contributed by atoms with E-state index in [1.54, 1.807) is 6.08 Å². The zero-order chi connectivity index (χ0) is 16.4. The summed E-state index contributed by atoms with van der Waals surface area (Å²) in [4.78, 5) is 23.6. The number of ether oxygens (including phenoxy) is 1. The maximum atomic E-state index is 11.8. The van der Waals surface area contributed by atoms with Crippen molar-refractivity contribution < 1.29 is 19.4 Å². The number of aliphatic hydroxyl groups excluding tert-OH is 1. The van der Waals surface area contributed by atoms with Crippen LogP contribution in [0.5, 0.6) is 0 Å². The van der Waals surface area contributed by atoms with Crippen LogP contribution in [0.3, 0.4) is 0 Å². The van der Waals surface area contributed by atoms with Gasteiger partial charge in [0.15, 0.2) is 5.78 Å². The molecular weight excluding hydrogens is 292 g/mol. The lowest BCUT2D eigenvalue weighted by Gasteiger charge is -2.60. The minimum absolute atomic E-state index is 0.0284. The van der Waals surface area contributed by atoms with Crippen molar-refractivity contribution in [3.05, 3.63) is 11.6 Å². The van der Waals surface area contributed by atoms with E-state index in [1.807, 2.05) is 0 Å². The molecule has 0 spiro atoms. The molecule has 0 unspecified atom stereocenters. The van der Waals surface area contributed by atoms with Crippen LogP contribution < -0.4 is 0 Å². The van der Waals surface area contributed by atoms with Crippen LogP contribution in [0.2, 0.25) is 0 Å². The Balaban J connectivity index is 1.72. The SMILES string of the molecule is C[C@]12CCC(=O)C=C1C[C@@H](O)[C@@H]1[C@@H]2CC[C@]2(C)OC(=O)CC[C@@H]12. The number of rotatable bonds is 0. The van der Waals surface area contributed by atoms with Gasteiger partial charge in [-0.25, -0.2) is 0 Å². The zero-order valence-corrected chi connectivity index (χ0v) is 14.0. The smallest absolute Gasteiger partial charge is 0.306 e. The van der Waals surface area contributed by atoms with E-state index in [-0.39, 0.29) is 29.0 Å². The number of aliphatic hydroxyl groups is 1. The van der Waals surface area contributed by atoms with E-state index >= 15 is 0 Å². The minimum Gasteiger partial charge on any atom is -0.459 e. The van der Waals surface area contributed by atoms with Crippen LogP contribution in [0.15, 0.2) is 11.6 Å². The predicted molar refractivity (Wildman–Crippen MR) is 84.5 cm³/mol. The predicted octanol–water partition coefficient (Wildman–Crippen LogP) is 2.78. The Hall–Kier alpha value is -1.16. The van der Waals surface area contributed by atoms with E-state index < -0.39 is 11.7 Å². The molecular formula is C19H26O4. The molecule has 23 heavy (non-hydrogen) atoms. The second kappa shape index (κ2) is 4.92. The standard InChI is InChI=1S/C19H26O4/c1-18-7-5-12(20)9-11(18)10-15(21)17-13(18)6-8-19(2)14(17)3-4-16(22)23-19/h9,13-15,17,21H,3-8,10H2,1-2H3/t13-,14-,15+,17+,18-,19-/m0/s1. The first kappa shape index (κ1) is 15.4. The monoisotopic (exact) mass is 318 g/mol. The van der Waals surface area contributed by atoms with Crippen molar-refractivity contribution in [1.82, 2.24) is 0 Å². The third-order valence-electron chi connectivity index (χ3n) is 7.32. The highest BCUT2D eigenvalue weighted by molar-refractivity contribution is 5.91. The van der Waals surface area contributed by atoms with Crippen molar-refractivity contribution in [2.24, 2.45) is 23.2 Å². The van der Waals surface area contributed by atoms with Gasteiger partial charge in [0.05, 0.1) is 6.10 Å². The summed E-state index contributed by atoms with van der Waals surface area (Å²) in [6.07, 6.45) is 6.62. The molecule has 3 aliphatic carbocycles. The Bertz CT molecular complexity index is 594. The molecule has 4 heteroatoms. The highest BCUT2D eigenvalue weighted by Gasteiger charge is 2.60. The lowest BCUT2D eigenvalue weighted by Crippen LogP contribution is -2.60. The summed E-state index contributed by atoms with van der Waals surface area (Å²) in [6, 6.07) is 0. The number of hydrogen-bond acceptors (Lipinski definition) is 4. The Kier molecular flexibility index (Phi) is 3.29. The lowest BCUT2D eigenvalue weighted by atomic mass is 9.47. The summed E-state index contributed by atoms with van der Waals surface area (Å²) >= 11 is 0. The molecule has 4 rings (SSSR count). The molecule has 0 amide bonds. The molecule has 1 saturated heterocycles. The molecule has 4 nitrogen and oxygen atoms in total. The summed E-state index contributed by atoms with van der Waals surface area (Å²) in [5, 5.41) is 10.9. The molecule has 6 atom stereocenters. The third-order valence-corrected chi connectivity index (χ3v) is 7.32. The van der Waals surface area contributed by atoms with E-state index in [0.717, 1.165) is 31.3 Å². The number of allylic oxidation sites excluding steroid dienone is 1. The maximum Gasteiger partial charge on any atom is 0.306 e. The van der Waals surface area contributed by atoms with Crippen molar-refractivity contribution in [3.8, 4) is 0 Å². The molecule has 4 aliphatic rings. The fourth-order valence-electron chi connectivity index (χ4n) is 6.05. The first-order valence-corrected chi connectivity index (χ1v) is 8.97. The average molecular weight is 318 g/mol. The summed E-state index contributed by atoms with van der Waals surface area (Å²) in [6.45, 7) is 4.34. The van der Waals surface area contributed by atoms with Gasteiger partial charge >= 0.3 is 5.97 Å². The van der Waals surface area contributed by atoms with Crippen LogP contribution in [0.4, 0.5) is 0 Å². The Labute approximate surface area is 137 Å². The number of ketones is 1. The molecule has 0 bridgehead atoms. The van der Waals surface area contributed by atoms with Crippen LogP contribution in [0.1, 0.15) is 58.8 Å². The molecule has 0 aromatic heterocycles. The lowest BCUT2D eigenvalue weighted by molar-refractivity contribution is -0.204. The maximum absolute atomic E-state index is 11.8. The van der Waals surface area contributed by atoms with Crippen molar-refractivity contribution >= 4 is 11.8 Å². The van der Waals surface area contributed by atoms with Gasteiger partial charge in [0.2, 0.25) is 0 Å². The third kappa shape index (κ3) is 2.14. The van der Waals surface area contributed by atoms with E-state index in [9.17, 15) is 14.7 Å². The Morgan fingerprint density at radius 1 is 1.13 bits per heavy atom. The molecule has 0 aromatic rings. The van der Waals surface area contributed by atoms with E-state index in [0.29, 0.717) is 25.2 Å². The van der Waals surface area contributed by atoms with Gasteiger partial charge in [0, 0.05) is 18.8 Å². The molecule has 1 heterocycles. The largest absolute Gasteiger partial charge is 0.459 e. The number of esters is 1. The highest BCUT2D eigenvalue weighted by Crippen LogP contribution is 2.61. The highest BCUT2D eigenvalue weighted by atomic mass is 16.6. The topological polar surface area (TPSA) is 63.6 Å². The fourth-order valence-corrected chi connectivity index (χ4v) is 6.05. The zero-order valence-electron chi connectivity index (χ0n) is 14.0. The van der Waals surface area contributed by atoms with Crippen LogP contribution in [-0.2, 0) is 14.3 Å². The van der Waals surface area contributed by atoms with Crippen molar-refractivity contribution in [3.63, 3.8) is 0 Å². The summed E-state index contributed by atoms with van der Waals surface area (Å²) in [5.74, 6) is 0.917. The van der Waals surface area contributed by atoms with Gasteiger partial charge in [-0.3, -0.25) is 9.59 Å². The second-order valence-electron chi connectivity index (χ2n) is 8.48. The number of hydrogen-bond donors (Lipinski definition) is 1. The average Bonchev–Trinajstić information content (AvgIpc) is 2.48. The summed E-state index contributed by atoms with van der Waals surface area (Å²) in [5.41, 5.74) is 0.763. The van der Waals surface area contributed by atoms with Gasteiger partial charge in [-0.05, 0) is 62.4 Å². The molecule has 0 aromatic carbocycles. The number of fused-ring (bicyclic) bond motifs is 5. The molecule has 126 valence electrons. The second-order valence-corrected chi connectivity index (χ2v) is 8.48. The fraction of sp³-hybridized carbons (Fsp3) is 0.789. The first-order valence-electron chi connectivity index (χ1n) is 8.97. The van der Waals surface area contributed by atoms with E-state index in [2.05, 4.69) is 13.8 Å². The van der Waals surface area contributed by atoms with Gasteiger partial charge in [-0.15, -0.1) is 0 Å². The summed E-state index contributed by atoms with van der Waals surface area (Å²) in [7, 11) is 0. The van der Waals surface area contributed by atoms with Crippen molar-refractivity contribution in [1.29, 1.82) is 0 Å². The van der Waals surface area contributed by atoms with Gasteiger partial charge in [0.25, 0.3) is 0 Å². The first-order chi connectivity index (χ1) is 10.8. The minimum atomic E-state index is -0.424. The quantitative estimate of drug-likeness (QED) is 0.698. The van der Waals surface area contributed by atoms with Gasteiger partial charge < -0.3 is 9.84 Å². The van der Waals surface area contributed by atoms with Gasteiger partial charge in [-0.1, -0.05) is 12.5 Å². The van der Waals surface area contributed by atoms with Crippen LogP contribution >= 0.6 is 0 Å².